The number of aryl methyl sites for hydroxylation is 1. The highest BCUT2D eigenvalue weighted by Crippen LogP contribution is 2.40. The van der Waals surface area contributed by atoms with Gasteiger partial charge in [-0.25, -0.2) is 32.7 Å². The van der Waals surface area contributed by atoms with E-state index in [0.717, 1.165) is 25.7 Å². The molecule has 0 saturated heterocycles. The molecule has 2 aliphatic rings. The van der Waals surface area contributed by atoms with Crippen molar-refractivity contribution in [3.8, 4) is 22.8 Å². The Labute approximate surface area is 256 Å². The molecule has 2 aliphatic carbocycles. The molecule has 2 fully saturated rings. The van der Waals surface area contributed by atoms with Crippen LogP contribution >= 0.6 is 0 Å². The van der Waals surface area contributed by atoms with Crippen molar-refractivity contribution >= 4 is 15.9 Å². The summed E-state index contributed by atoms with van der Waals surface area (Å²) in [4.78, 5) is 41.0. The summed E-state index contributed by atoms with van der Waals surface area (Å²) in [7, 11) is -2.77. The molecule has 10 nitrogen and oxygen atoms in total. The molecule has 0 spiro atoms. The number of methoxy groups -OCH3 is 1. The number of nitrogens with zero attached hydrogens (tertiary/aromatic N) is 4. The lowest BCUT2D eigenvalue weighted by Crippen LogP contribution is -2.33. The van der Waals surface area contributed by atoms with E-state index in [4.69, 9.17) is 9.72 Å². The van der Waals surface area contributed by atoms with Gasteiger partial charge in [0.2, 0.25) is 11.9 Å². The van der Waals surface area contributed by atoms with Crippen LogP contribution in [0.5, 0.6) is 5.75 Å². The van der Waals surface area contributed by atoms with Crippen molar-refractivity contribution in [1.82, 2.24) is 24.2 Å². The largest absolute Gasteiger partial charge is 0.494 e. The maximum atomic E-state index is 14.4. The minimum atomic E-state index is -4.29. The van der Waals surface area contributed by atoms with E-state index in [9.17, 15) is 18.0 Å². The third kappa shape index (κ3) is 6.14. The van der Waals surface area contributed by atoms with Gasteiger partial charge in [0.1, 0.15) is 5.82 Å². The second kappa shape index (κ2) is 12.3. The highest BCUT2D eigenvalue weighted by Gasteiger charge is 2.35. The first-order valence-electron chi connectivity index (χ1n) is 15.1. The number of nitrogens with one attached hydrogen (secondary N) is 1. The topological polar surface area (TPSA) is 133 Å². The first-order chi connectivity index (χ1) is 21.3. The summed E-state index contributed by atoms with van der Waals surface area (Å²) in [6, 6.07) is 14.4. The second-order valence-electron chi connectivity index (χ2n) is 11.4. The molecular formula is C33H35N5O5S. The number of carbonyl (C=O) groups excluding carboxylic acids is 1. The molecule has 228 valence electrons. The standard InChI is InChI=1S/C33H35N5O5S/c1-3-4-13-28-27(32(40)38(30(36-28)22-14-15-22)33-34-19-25(43-2)20-35-33)18-24-11-8-12-26(21-9-6-5-7-10-21)29(24)44(41,42)37-31(39)23-16-17-23/h5-12,19-20,22-23H,3-4,13-18H2,1-2H3,(H,37,39). The van der Waals surface area contributed by atoms with Crippen LogP contribution in [-0.2, 0) is 27.7 Å². The molecule has 2 aromatic heterocycles. The zero-order valence-electron chi connectivity index (χ0n) is 24.8. The molecule has 0 radical (unpaired) electrons. The number of aromatic nitrogens is 4. The molecule has 1 amide bonds. The molecule has 2 aromatic carbocycles. The second-order valence-corrected chi connectivity index (χ2v) is 13.0. The smallest absolute Gasteiger partial charge is 0.264 e. The Hall–Kier alpha value is -4.38. The fourth-order valence-electron chi connectivity index (χ4n) is 5.37. The van der Waals surface area contributed by atoms with Crippen molar-refractivity contribution in [3.05, 3.63) is 93.9 Å². The minimum Gasteiger partial charge on any atom is -0.494 e. The average Bonchev–Trinajstić information content (AvgIpc) is 3.95. The number of benzene rings is 2. The maximum Gasteiger partial charge on any atom is 0.264 e. The number of hydrogen-bond donors (Lipinski definition) is 1. The Balaban J connectivity index is 1.53. The lowest BCUT2D eigenvalue weighted by atomic mass is 9.97. The molecule has 4 aromatic rings. The molecule has 1 N–H and O–H groups in total. The van der Waals surface area contributed by atoms with Crippen molar-refractivity contribution < 1.29 is 17.9 Å². The van der Waals surface area contributed by atoms with Gasteiger partial charge < -0.3 is 4.74 Å². The van der Waals surface area contributed by atoms with Crippen molar-refractivity contribution in [2.45, 2.75) is 69.1 Å². The Kier molecular flexibility index (Phi) is 8.31. The number of rotatable bonds is 12. The van der Waals surface area contributed by atoms with Crippen molar-refractivity contribution in [3.63, 3.8) is 0 Å². The van der Waals surface area contributed by atoms with Crippen LogP contribution in [0.1, 0.15) is 74.0 Å². The predicted octanol–water partition coefficient (Wildman–Crippen LogP) is 4.72. The van der Waals surface area contributed by atoms with Gasteiger partial charge in [-0.2, -0.15) is 0 Å². The zero-order valence-corrected chi connectivity index (χ0v) is 25.6. The summed E-state index contributed by atoms with van der Waals surface area (Å²) in [6.07, 6.45) is 8.47. The van der Waals surface area contributed by atoms with E-state index in [2.05, 4.69) is 21.6 Å². The molecule has 0 aliphatic heterocycles. The summed E-state index contributed by atoms with van der Waals surface area (Å²) in [5.74, 6) is 0.598. The Bertz CT molecular complexity index is 1850. The highest BCUT2D eigenvalue weighted by atomic mass is 32.2. The van der Waals surface area contributed by atoms with Crippen LogP contribution in [-0.4, -0.2) is 41.0 Å². The molecule has 6 rings (SSSR count). The van der Waals surface area contributed by atoms with Crippen LogP contribution in [0.4, 0.5) is 0 Å². The van der Waals surface area contributed by atoms with E-state index in [1.54, 1.807) is 18.2 Å². The van der Waals surface area contributed by atoms with Crippen LogP contribution in [0.3, 0.4) is 0 Å². The Morgan fingerprint density at radius 1 is 1.02 bits per heavy atom. The maximum absolute atomic E-state index is 14.4. The molecule has 0 atom stereocenters. The SMILES string of the molecule is CCCCc1nc(C2CC2)n(-c2ncc(OC)cn2)c(=O)c1Cc1cccc(-c2ccccc2)c1S(=O)(=O)NC(=O)C1CC1. The van der Waals surface area contributed by atoms with Crippen LogP contribution in [0.15, 0.2) is 70.6 Å². The quantitative estimate of drug-likeness (QED) is 0.243. The van der Waals surface area contributed by atoms with Gasteiger partial charge in [-0.3, -0.25) is 9.59 Å². The average molecular weight is 614 g/mol. The summed E-state index contributed by atoms with van der Waals surface area (Å²) in [5.41, 5.74) is 2.26. The molecule has 2 heterocycles. The Morgan fingerprint density at radius 2 is 1.75 bits per heavy atom. The minimum absolute atomic E-state index is 0.000514. The molecule has 0 bridgehead atoms. The van der Waals surface area contributed by atoms with Crippen LogP contribution in [0.25, 0.3) is 17.1 Å². The van der Waals surface area contributed by atoms with E-state index in [0.29, 0.717) is 58.8 Å². The lowest BCUT2D eigenvalue weighted by Gasteiger charge is -2.19. The third-order valence-corrected chi connectivity index (χ3v) is 9.54. The van der Waals surface area contributed by atoms with Gasteiger partial charge in [-0.05, 0) is 49.7 Å². The van der Waals surface area contributed by atoms with E-state index < -0.39 is 15.9 Å². The molecular weight excluding hydrogens is 578 g/mol. The van der Waals surface area contributed by atoms with Gasteiger partial charge in [0, 0.05) is 29.4 Å². The summed E-state index contributed by atoms with van der Waals surface area (Å²) in [6.45, 7) is 2.07. The van der Waals surface area contributed by atoms with Gasteiger partial charge in [-0.15, -0.1) is 0 Å². The monoisotopic (exact) mass is 613 g/mol. The third-order valence-electron chi connectivity index (χ3n) is 8.05. The molecule has 11 heteroatoms. The zero-order chi connectivity index (χ0) is 30.8. The molecule has 2 saturated carbocycles. The highest BCUT2D eigenvalue weighted by molar-refractivity contribution is 7.90. The van der Waals surface area contributed by atoms with E-state index in [1.165, 1.54) is 24.1 Å². The van der Waals surface area contributed by atoms with E-state index >= 15 is 0 Å². The number of amides is 1. The lowest BCUT2D eigenvalue weighted by molar-refractivity contribution is -0.120. The van der Waals surface area contributed by atoms with E-state index in [-0.39, 0.29) is 34.7 Å². The number of carbonyl (C=O) groups is 1. The van der Waals surface area contributed by atoms with Crippen molar-refractivity contribution in [2.24, 2.45) is 5.92 Å². The number of unbranched alkanes of at least 4 members (excludes halogenated alkanes) is 1. The fraction of sp³-hybridized carbons (Fsp3) is 0.364. The van der Waals surface area contributed by atoms with Gasteiger partial charge in [0.15, 0.2) is 5.75 Å². The number of hydrogen-bond acceptors (Lipinski definition) is 8. The van der Waals surface area contributed by atoms with Crippen LogP contribution in [0, 0.1) is 5.92 Å². The molecule has 44 heavy (non-hydrogen) atoms. The van der Waals surface area contributed by atoms with Gasteiger partial charge in [-0.1, -0.05) is 61.9 Å². The number of ether oxygens (including phenoxy) is 1. The number of sulfonamides is 1. The predicted molar refractivity (Wildman–Crippen MR) is 165 cm³/mol. The normalized spacial score (nSPS) is 14.8. The first-order valence-corrected chi connectivity index (χ1v) is 16.5. The fourth-order valence-corrected chi connectivity index (χ4v) is 6.87. The van der Waals surface area contributed by atoms with Gasteiger partial charge in [0.25, 0.3) is 15.6 Å². The van der Waals surface area contributed by atoms with Crippen molar-refractivity contribution in [1.29, 1.82) is 0 Å². The first kappa shape index (κ1) is 29.7. The van der Waals surface area contributed by atoms with Crippen LogP contribution < -0.4 is 15.0 Å². The van der Waals surface area contributed by atoms with Gasteiger partial charge >= 0.3 is 0 Å². The summed E-state index contributed by atoms with van der Waals surface area (Å²) >= 11 is 0. The van der Waals surface area contributed by atoms with Crippen LogP contribution in [0.2, 0.25) is 0 Å². The molecule has 0 unspecified atom stereocenters. The summed E-state index contributed by atoms with van der Waals surface area (Å²) in [5, 5.41) is 0. The van der Waals surface area contributed by atoms with E-state index in [1.807, 2.05) is 30.3 Å². The summed E-state index contributed by atoms with van der Waals surface area (Å²) < 4.78 is 36.9. The van der Waals surface area contributed by atoms with Crippen molar-refractivity contribution in [2.75, 3.05) is 7.11 Å². The Morgan fingerprint density at radius 3 is 2.39 bits per heavy atom. The van der Waals surface area contributed by atoms with Gasteiger partial charge in [0.05, 0.1) is 30.1 Å².